The summed E-state index contributed by atoms with van der Waals surface area (Å²) in [6.45, 7) is 5.81. The maximum Gasteiger partial charge on any atom is 0.0420 e. The van der Waals surface area contributed by atoms with Crippen molar-refractivity contribution in [1.82, 2.24) is 0 Å². The Morgan fingerprint density at radius 2 is 2.21 bits per heavy atom. The number of hydrogen-bond acceptors (Lipinski definition) is 1. The lowest BCUT2D eigenvalue weighted by atomic mass is 10.0. The van der Waals surface area contributed by atoms with Gasteiger partial charge in [-0.25, -0.2) is 0 Å². The molecule has 2 N–H and O–H groups in total. The van der Waals surface area contributed by atoms with Gasteiger partial charge in [0, 0.05) is 15.5 Å². The molecule has 0 saturated heterocycles. The van der Waals surface area contributed by atoms with Gasteiger partial charge in [-0.2, -0.15) is 0 Å². The van der Waals surface area contributed by atoms with Crippen LogP contribution in [-0.4, -0.2) is 0 Å². The van der Waals surface area contributed by atoms with Crippen molar-refractivity contribution in [3.63, 3.8) is 0 Å². The summed E-state index contributed by atoms with van der Waals surface area (Å²) in [5, 5.41) is 0.701. The molecular weight excluding hydrogens is 261 g/mol. The van der Waals surface area contributed by atoms with Crippen LogP contribution in [0.2, 0.25) is 5.02 Å². The van der Waals surface area contributed by atoms with E-state index < -0.39 is 0 Å². The molecule has 1 rings (SSSR count). The molecule has 0 aliphatic heterocycles. The van der Waals surface area contributed by atoms with Crippen molar-refractivity contribution < 1.29 is 0 Å². The molecule has 3 heteroatoms. The summed E-state index contributed by atoms with van der Waals surface area (Å²) in [5.74, 6) is 0. The number of benzene rings is 1. The van der Waals surface area contributed by atoms with Gasteiger partial charge in [0.2, 0.25) is 0 Å². The molecular formula is C11H13BrClN. The molecule has 1 nitrogen and oxygen atoms in total. The summed E-state index contributed by atoms with van der Waals surface area (Å²) in [6, 6.07) is 5.69. The zero-order chi connectivity index (χ0) is 10.7. The first-order valence-electron chi connectivity index (χ1n) is 4.35. The molecule has 0 spiro atoms. The highest BCUT2D eigenvalue weighted by molar-refractivity contribution is 9.10. The van der Waals surface area contributed by atoms with Crippen molar-refractivity contribution in [2.24, 2.45) is 5.73 Å². The highest BCUT2D eigenvalue weighted by atomic mass is 79.9. The second-order valence-corrected chi connectivity index (χ2v) is 4.82. The lowest BCUT2D eigenvalue weighted by Crippen LogP contribution is -2.10. The summed E-state index contributed by atoms with van der Waals surface area (Å²) in [7, 11) is 0. The average molecular weight is 275 g/mol. The van der Waals surface area contributed by atoms with E-state index >= 15 is 0 Å². The molecule has 14 heavy (non-hydrogen) atoms. The van der Waals surface area contributed by atoms with Crippen LogP contribution in [-0.2, 0) is 0 Å². The lowest BCUT2D eigenvalue weighted by Gasteiger charge is -2.12. The molecule has 0 aliphatic rings. The Kier molecular flexibility index (Phi) is 4.17. The summed E-state index contributed by atoms with van der Waals surface area (Å²) in [5.41, 5.74) is 8.11. The molecule has 0 aliphatic carbocycles. The van der Waals surface area contributed by atoms with Crippen LogP contribution in [0, 0.1) is 0 Å². The third-order valence-corrected chi connectivity index (χ3v) is 2.56. The molecule has 0 aromatic heterocycles. The highest BCUT2D eigenvalue weighted by Crippen LogP contribution is 2.25. The molecule has 0 bridgehead atoms. The smallest absolute Gasteiger partial charge is 0.0420 e. The fourth-order valence-corrected chi connectivity index (χ4v) is 2.17. The maximum absolute atomic E-state index is 5.99. The molecule has 0 amide bonds. The molecule has 0 heterocycles. The van der Waals surface area contributed by atoms with Gasteiger partial charge in [0.15, 0.2) is 0 Å². The maximum atomic E-state index is 5.99. The molecule has 1 atom stereocenters. The van der Waals surface area contributed by atoms with Gasteiger partial charge in [0.05, 0.1) is 0 Å². The summed E-state index contributed by atoms with van der Waals surface area (Å²) < 4.78 is 0.956. The summed E-state index contributed by atoms with van der Waals surface area (Å²) in [4.78, 5) is 0. The number of rotatable bonds is 3. The van der Waals surface area contributed by atoms with Crippen molar-refractivity contribution in [2.75, 3.05) is 0 Å². The fourth-order valence-electron chi connectivity index (χ4n) is 1.28. The topological polar surface area (TPSA) is 26.0 Å². The van der Waals surface area contributed by atoms with Gasteiger partial charge in [-0.3, -0.25) is 0 Å². The van der Waals surface area contributed by atoms with E-state index in [1.807, 2.05) is 25.1 Å². The van der Waals surface area contributed by atoms with E-state index in [-0.39, 0.29) is 6.04 Å². The monoisotopic (exact) mass is 273 g/mol. The SMILES string of the molecule is C=C(C)CC(N)c1cc(Cl)cc(Br)c1. The molecule has 1 unspecified atom stereocenters. The standard InChI is InChI=1S/C11H13BrClN/c1-7(2)3-11(14)8-4-9(12)6-10(13)5-8/h4-6,11H,1,3,14H2,2H3. The van der Waals surface area contributed by atoms with Crippen molar-refractivity contribution in [1.29, 1.82) is 0 Å². The molecule has 0 saturated carbocycles. The zero-order valence-corrected chi connectivity index (χ0v) is 10.4. The number of nitrogens with two attached hydrogens (primary N) is 1. The van der Waals surface area contributed by atoms with Crippen molar-refractivity contribution in [3.8, 4) is 0 Å². The molecule has 0 fully saturated rings. The molecule has 76 valence electrons. The highest BCUT2D eigenvalue weighted by Gasteiger charge is 2.07. The second-order valence-electron chi connectivity index (χ2n) is 3.47. The van der Waals surface area contributed by atoms with E-state index in [2.05, 4.69) is 22.5 Å². The van der Waals surface area contributed by atoms with Gasteiger partial charge in [-0.15, -0.1) is 6.58 Å². The number of hydrogen-bond donors (Lipinski definition) is 1. The predicted octanol–water partition coefficient (Wildman–Crippen LogP) is 4.07. The Balaban J connectivity index is 2.89. The minimum absolute atomic E-state index is 0.0255. The van der Waals surface area contributed by atoms with Gasteiger partial charge >= 0.3 is 0 Å². The quantitative estimate of drug-likeness (QED) is 0.826. The molecule has 1 aromatic rings. The predicted molar refractivity (Wildman–Crippen MR) is 65.5 cm³/mol. The fraction of sp³-hybridized carbons (Fsp3) is 0.273. The van der Waals surface area contributed by atoms with Crippen LogP contribution in [0.1, 0.15) is 24.9 Å². The van der Waals surface area contributed by atoms with E-state index in [1.165, 1.54) is 0 Å². The van der Waals surface area contributed by atoms with Crippen LogP contribution >= 0.6 is 27.5 Å². The van der Waals surface area contributed by atoms with Crippen LogP contribution in [0.4, 0.5) is 0 Å². The van der Waals surface area contributed by atoms with Gasteiger partial charge in [-0.1, -0.05) is 33.1 Å². The van der Waals surface area contributed by atoms with Gasteiger partial charge in [-0.05, 0) is 37.1 Å². The van der Waals surface area contributed by atoms with Crippen LogP contribution in [0.15, 0.2) is 34.8 Å². The average Bonchev–Trinajstić information content (AvgIpc) is 2.00. The second kappa shape index (κ2) is 4.96. The van der Waals surface area contributed by atoms with Crippen LogP contribution in [0.3, 0.4) is 0 Å². The van der Waals surface area contributed by atoms with Gasteiger partial charge < -0.3 is 5.73 Å². The van der Waals surface area contributed by atoms with Crippen molar-refractivity contribution >= 4 is 27.5 Å². The molecule has 0 radical (unpaired) electrons. The van der Waals surface area contributed by atoms with Gasteiger partial charge in [0.25, 0.3) is 0 Å². The zero-order valence-electron chi connectivity index (χ0n) is 8.06. The number of halogens is 2. The Morgan fingerprint density at radius 3 is 2.71 bits per heavy atom. The Hall–Kier alpha value is -0.310. The summed E-state index contributed by atoms with van der Waals surface area (Å²) >= 11 is 9.31. The van der Waals surface area contributed by atoms with E-state index in [4.69, 9.17) is 17.3 Å². The van der Waals surface area contributed by atoms with Crippen LogP contribution in [0.5, 0.6) is 0 Å². The first-order valence-corrected chi connectivity index (χ1v) is 5.52. The van der Waals surface area contributed by atoms with Crippen LogP contribution < -0.4 is 5.73 Å². The Morgan fingerprint density at radius 1 is 1.57 bits per heavy atom. The Labute approximate surface area is 98.1 Å². The largest absolute Gasteiger partial charge is 0.324 e. The van der Waals surface area contributed by atoms with E-state index in [9.17, 15) is 0 Å². The van der Waals surface area contributed by atoms with Crippen molar-refractivity contribution in [3.05, 3.63) is 45.4 Å². The molecule has 1 aromatic carbocycles. The minimum atomic E-state index is -0.0255. The van der Waals surface area contributed by atoms with Crippen molar-refractivity contribution in [2.45, 2.75) is 19.4 Å². The normalized spacial score (nSPS) is 12.6. The van der Waals surface area contributed by atoms with E-state index in [0.29, 0.717) is 5.02 Å². The first-order chi connectivity index (χ1) is 6.49. The first kappa shape index (κ1) is 11.8. The summed E-state index contributed by atoms with van der Waals surface area (Å²) in [6.07, 6.45) is 0.785. The van der Waals surface area contributed by atoms with Crippen LogP contribution in [0.25, 0.3) is 0 Å². The third-order valence-electron chi connectivity index (χ3n) is 1.88. The van der Waals surface area contributed by atoms with E-state index in [1.54, 1.807) is 0 Å². The lowest BCUT2D eigenvalue weighted by molar-refractivity contribution is 0.717. The van der Waals surface area contributed by atoms with E-state index in [0.717, 1.165) is 22.0 Å². The third kappa shape index (κ3) is 3.45. The minimum Gasteiger partial charge on any atom is -0.324 e. The Bertz CT molecular complexity index is 329. The van der Waals surface area contributed by atoms with Gasteiger partial charge in [0.1, 0.15) is 0 Å².